The molecule has 1 saturated heterocycles. The minimum Gasteiger partial charge on any atom is -0.495 e. The van der Waals surface area contributed by atoms with Crippen molar-refractivity contribution in [3.8, 4) is 5.75 Å². The largest absolute Gasteiger partial charge is 0.495 e. The summed E-state index contributed by atoms with van der Waals surface area (Å²) in [5.74, 6) is 0.826. The van der Waals surface area contributed by atoms with Crippen molar-refractivity contribution in [1.29, 1.82) is 0 Å². The Morgan fingerprint density at radius 3 is 2.38 bits per heavy atom. The third-order valence-corrected chi connectivity index (χ3v) is 6.16. The van der Waals surface area contributed by atoms with E-state index in [-0.39, 0.29) is 11.8 Å². The Kier molecular flexibility index (Phi) is 6.17. The molecule has 0 radical (unpaired) electrons. The quantitative estimate of drug-likeness (QED) is 0.820. The minimum atomic E-state index is -0.475. The van der Waals surface area contributed by atoms with Crippen molar-refractivity contribution in [2.45, 2.75) is 27.7 Å². The topological polar surface area (TPSA) is 61.9 Å². The van der Waals surface area contributed by atoms with Gasteiger partial charge in [-0.2, -0.15) is 0 Å². The van der Waals surface area contributed by atoms with Gasteiger partial charge < -0.3 is 19.9 Å². The number of benzene rings is 1. The van der Waals surface area contributed by atoms with Gasteiger partial charge in [0.25, 0.3) is 5.91 Å². The lowest BCUT2D eigenvalue weighted by atomic mass is 9.96. The number of anilines is 2. The van der Waals surface area contributed by atoms with Gasteiger partial charge in [-0.3, -0.25) is 9.59 Å². The second kappa shape index (κ2) is 8.45. The number of amides is 2. The summed E-state index contributed by atoms with van der Waals surface area (Å²) in [7, 11) is 1.67. The number of carbonyl (C=O) groups excluding carboxylic acids is 2. The fourth-order valence-corrected chi connectivity index (χ4v) is 4.28. The zero-order chi connectivity index (χ0) is 21.2. The van der Waals surface area contributed by atoms with Crippen LogP contribution in [0, 0.1) is 12.3 Å². The molecule has 7 heteroatoms. The summed E-state index contributed by atoms with van der Waals surface area (Å²) < 4.78 is 5.46. The van der Waals surface area contributed by atoms with Crippen LogP contribution in [0.4, 0.5) is 10.7 Å². The summed E-state index contributed by atoms with van der Waals surface area (Å²) in [6.45, 7) is 10.3. The molecule has 1 aromatic carbocycles. The lowest BCUT2D eigenvalue weighted by Crippen LogP contribution is -2.48. The Morgan fingerprint density at radius 2 is 1.76 bits per heavy atom. The maximum atomic E-state index is 13.1. The van der Waals surface area contributed by atoms with Crippen LogP contribution in [0.25, 0.3) is 0 Å². The Balaban J connectivity index is 1.66. The van der Waals surface area contributed by atoms with E-state index in [4.69, 9.17) is 4.74 Å². The van der Waals surface area contributed by atoms with Gasteiger partial charge in [0.05, 0.1) is 22.7 Å². The number of ether oxygens (including phenoxy) is 1. The molecule has 0 saturated carbocycles. The molecule has 2 amide bonds. The van der Waals surface area contributed by atoms with Crippen molar-refractivity contribution < 1.29 is 14.3 Å². The lowest BCUT2D eigenvalue weighted by molar-refractivity contribution is -0.123. The molecule has 1 aliphatic rings. The molecule has 156 valence electrons. The van der Waals surface area contributed by atoms with Crippen LogP contribution in [-0.2, 0) is 4.79 Å². The number of aryl methyl sites for hydroxylation is 1. The van der Waals surface area contributed by atoms with Gasteiger partial charge >= 0.3 is 0 Å². The van der Waals surface area contributed by atoms with Crippen molar-refractivity contribution in [3.63, 3.8) is 0 Å². The highest BCUT2D eigenvalue weighted by Gasteiger charge is 2.27. The van der Waals surface area contributed by atoms with E-state index < -0.39 is 5.41 Å². The highest BCUT2D eigenvalue weighted by atomic mass is 32.1. The first kappa shape index (κ1) is 21.2. The fourth-order valence-electron chi connectivity index (χ4n) is 3.24. The van der Waals surface area contributed by atoms with Gasteiger partial charge in [0.2, 0.25) is 5.91 Å². The molecule has 1 aliphatic heterocycles. The number of methoxy groups -OCH3 is 1. The summed E-state index contributed by atoms with van der Waals surface area (Å²) >= 11 is 1.35. The molecule has 29 heavy (non-hydrogen) atoms. The third-order valence-electron chi connectivity index (χ3n) is 5.02. The van der Waals surface area contributed by atoms with E-state index in [2.05, 4.69) is 10.2 Å². The van der Waals surface area contributed by atoms with Crippen LogP contribution in [0.5, 0.6) is 5.75 Å². The number of carbonyl (C=O) groups is 2. The third kappa shape index (κ3) is 4.72. The van der Waals surface area contributed by atoms with E-state index in [1.165, 1.54) is 11.3 Å². The first-order valence-electron chi connectivity index (χ1n) is 9.80. The Morgan fingerprint density at radius 1 is 1.10 bits per heavy atom. The lowest BCUT2D eigenvalue weighted by Gasteiger charge is -2.36. The average molecular weight is 416 g/mol. The highest BCUT2D eigenvalue weighted by molar-refractivity contribution is 7.18. The van der Waals surface area contributed by atoms with Gasteiger partial charge in [0, 0.05) is 31.6 Å². The normalized spacial score (nSPS) is 14.7. The van der Waals surface area contributed by atoms with Crippen molar-refractivity contribution in [2.24, 2.45) is 5.41 Å². The van der Waals surface area contributed by atoms with E-state index in [9.17, 15) is 9.59 Å². The zero-order valence-corrected chi connectivity index (χ0v) is 18.6. The Bertz CT molecular complexity index is 893. The molecule has 3 rings (SSSR count). The SMILES string of the molecule is COc1ccccc1N1CCN(C(=O)c2sc(NC(=O)C(C)(C)C)cc2C)CC1. The van der Waals surface area contributed by atoms with Crippen molar-refractivity contribution in [2.75, 3.05) is 43.5 Å². The summed E-state index contributed by atoms with van der Waals surface area (Å²) in [5.41, 5.74) is 1.48. The number of piperazine rings is 1. The summed E-state index contributed by atoms with van der Waals surface area (Å²) in [4.78, 5) is 30.1. The number of para-hydroxylation sites is 2. The van der Waals surface area contributed by atoms with E-state index >= 15 is 0 Å². The predicted octanol–water partition coefficient (Wildman–Crippen LogP) is 4.01. The minimum absolute atomic E-state index is 0.0310. The molecule has 2 heterocycles. The van der Waals surface area contributed by atoms with Gasteiger partial charge in [0.1, 0.15) is 5.75 Å². The summed E-state index contributed by atoms with van der Waals surface area (Å²) in [5, 5.41) is 3.65. The van der Waals surface area contributed by atoms with Crippen LogP contribution in [-0.4, -0.2) is 50.0 Å². The molecule has 0 aliphatic carbocycles. The molecular weight excluding hydrogens is 386 g/mol. The van der Waals surface area contributed by atoms with Crippen LogP contribution >= 0.6 is 11.3 Å². The zero-order valence-electron chi connectivity index (χ0n) is 17.7. The van der Waals surface area contributed by atoms with E-state index in [0.717, 1.165) is 35.1 Å². The maximum absolute atomic E-state index is 13.1. The second-order valence-electron chi connectivity index (χ2n) is 8.28. The number of rotatable bonds is 4. The van der Waals surface area contributed by atoms with Gasteiger partial charge in [-0.25, -0.2) is 0 Å². The van der Waals surface area contributed by atoms with Gasteiger partial charge in [-0.15, -0.1) is 11.3 Å². The molecule has 1 aromatic heterocycles. The van der Waals surface area contributed by atoms with Crippen LogP contribution in [0.15, 0.2) is 30.3 Å². The average Bonchev–Trinajstić information content (AvgIpc) is 3.06. The Hall–Kier alpha value is -2.54. The number of thiophene rings is 1. The molecule has 1 N–H and O–H groups in total. The molecule has 0 atom stereocenters. The van der Waals surface area contributed by atoms with Gasteiger partial charge in [-0.1, -0.05) is 32.9 Å². The van der Waals surface area contributed by atoms with E-state index in [0.29, 0.717) is 18.0 Å². The number of hydrogen-bond donors (Lipinski definition) is 1. The van der Waals surface area contributed by atoms with Gasteiger partial charge in [0.15, 0.2) is 0 Å². The predicted molar refractivity (Wildman–Crippen MR) is 118 cm³/mol. The van der Waals surface area contributed by atoms with Gasteiger partial charge in [-0.05, 0) is 30.7 Å². The standard InChI is InChI=1S/C22H29N3O3S/c1-15-14-18(23-21(27)22(2,3)4)29-19(15)20(26)25-12-10-24(11-13-25)16-8-6-7-9-17(16)28-5/h6-9,14H,10-13H2,1-5H3,(H,23,27). The second-order valence-corrected chi connectivity index (χ2v) is 9.33. The molecule has 2 aromatic rings. The first-order valence-corrected chi connectivity index (χ1v) is 10.6. The molecule has 0 unspecified atom stereocenters. The van der Waals surface area contributed by atoms with Crippen molar-refractivity contribution in [3.05, 3.63) is 40.8 Å². The summed E-state index contributed by atoms with van der Waals surface area (Å²) in [6.07, 6.45) is 0. The molecular formula is C22H29N3O3S. The smallest absolute Gasteiger partial charge is 0.264 e. The highest BCUT2D eigenvalue weighted by Crippen LogP contribution is 2.31. The molecule has 0 bridgehead atoms. The van der Waals surface area contributed by atoms with Crippen LogP contribution < -0.4 is 15.0 Å². The molecule has 1 fully saturated rings. The monoisotopic (exact) mass is 415 g/mol. The molecule has 6 nitrogen and oxygen atoms in total. The Labute approximate surface area is 176 Å². The number of nitrogens with zero attached hydrogens (tertiary/aromatic N) is 2. The first-order chi connectivity index (χ1) is 13.7. The van der Waals surface area contributed by atoms with Crippen molar-refractivity contribution in [1.82, 2.24) is 4.90 Å². The van der Waals surface area contributed by atoms with E-state index in [1.807, 2.05) is 62.9 Å². The summed E-state index contributed by atoms with van der Waals surface area (Å²) in [6, 6.07) is 9.83. The molecule has 0 spiro atoms. The van der Waals surface area contributed by atoms with Crippen LogP contribution in [0.2, 0.25) is 0 Å². The number of hydrogen-bond acceptors (Lipinski definition) is 5. The maximum Gasteiger partial charge on any atom is 0.264 e. The van der Waals surface area contributed by atoms with Crippen LogP contribution in [0.1, 0.15) is 36.0 Å². The number of nitrogens with one attached hydrogen (secondary N) is 1. The van der Waals surface area contributed by atoms with Crippen LogP contribution in [0.3, 0.4) is 0 Å². The van der Waals surface area contributed by atoms with Crippen molar-refractivity contribution >= 4 is 33.8 Å². The fraction of sp³-hybridized carbons (Fsp3) is 0.455. The van der Waals surface area contributed by atoms with E-state index in [1.54, 1.807) is 7.11 Å².